The van der Waals surface area contributed by atoms with Crippen LogP contribution in [0.3, 0.4) is 0 Å². The molecule has 2 saturated heterocycles. The number of carbonyl (C=O) groups excluding carboxylic acids is 1. The Morgan fingerprint density at radius 1 is 0.929 bits per heavy atom. The summed E-state index contributed by atoms with van der Waals surface area (Å²) in [5.74, 6) is 1.75. The molecule has 3 heterocycles. The van der Waals surface area contributed by atoms with Gasteiger partial charge in [-0.3, -0.25) is 0 Å². The fraction of sp³-hybridized carbons (Fsp3) is 0.450. The topological polar surface area (TPSA) is 64.6 Å². The van der Waals surface area contributed by atoms with Crippen molar-refractivity contribution >= 4 is 35.1 Å². The number of nitrogens with zero attached hydrogens (tertiary/aromatic N) is 5. The Morgan fingerprint density at radius 2 is 1.68 bits per heavy atom. The number of nitrogens with one attached hydrogen (secondary N) is 1. The van der Waals surface area contributed by atoms with Crippen LogP contribution in [0.5, 0.6) is 0 Å². The van der Waals surface area contributed by atoms with E-state index in [0.717, 1.165) is 37.9 Å². The molecule has 0 unspecified atom stereocenters. The van der Waals surface area contributed by atoms with Crippen LogP contribution < -0.4 is 15.1 Å². The van der Waals surface area contributed by atoms with E-state index in [0.29, 0.717) is 23.8 Å². The molecule has 1 N–H and O–H groups in total. The van der Waals surface area contributed by atoms with Crippen LogP contribution in [0.1, 0.15) is 19.3 Å². The van der Waals surface area contributed by atoms with Crippen molar-refractivity contribution in [1.82, 2.24) is 14.9 Å². The summed E-state index contributed by atoms with van der Waals surface area (Å²) >= 11 is 6.13. The van der Waals surface area contributed by atoms with Gasteiger partial charge in [-0.2, -0.15) is 4.98 Å². The molecule has 1 aromatic heterocycles. The molecular weight excluding hydrogens is 376 g/mol. The Balaban J connectivity index is 1.35. The van der Waals surface area contributed by atoms with Gasteiger partial charge in [-0.15, -0.1) is 0 Å². The van der Waals surface area contributed by atoms with E-state index in [1.165, 1.54) is 19.3 Å². The molecule has 0 aliphatic carbocycles. The third-order valence-electron chi connectivity index (χ3n) is 5.27. The SMILES string of the molecule is O=C(Nc1ccccc1Cl)N1CCN(c2ccnc(N3CCCCC3)n2)CC1. The van der Waals surface area contributed by atoms with Crippen molar-refractivity contribution in [3.63, 3.8) is 0 Å². The summed E-state index contributed by atoms with van der Waals surface area (Å²) in [5, 5.41) is 3.43. The lowest BCUT2D eigenvalue weighted by molar-refractivity contribution is 0.208. The van der Waals surface area contributed by atoms with Gasteiger partial charge in [0.1, 0.15) is 5.82 Å². The third-order valence-corrected chi connectivity index (χ3v) is 5.60. The van der Waals surface area contributed by atoms with Crippen LogP contribution in [0, 0.1) is 0 Å². The minimum absolute atomic E-state index is 0.121. The smallest absolute Gasteiger partial charge is 0.322 e. The number of benzene rings is 1. The van der Waals surface area contributed by atoms with Crippen LogP contribution in [-0.2, 0) is 0 Å². The number of hydrogen-bond acceptors (Lipinski definition) is 5. The van der Waals surface area contributed by atoms with Crippen molar-refractivity contribution in [3.05, 3.63) is 41.6 Å². The zero-order valence-electron chi connectivity index (χ0n) is 15.9. The Labute approximate surface area is 170 Å². The first-order valence-corrected chi connectivity index (χ1v) is 10.2. The molecule has 2 amide bonds. The van der Waals surface area contributed by atoms with Gasteiger partial charge in [0.2, 0.25) is 5.95 Å². The maximum absolute atomic E-state index is 12.5. The maximum Gasteiger partial charge on any atom is 0.322 e. The van der Waals surface area contributed by atoms with Gasteiger partial charge in [-0.25, -0.2) is 9.78 Å². The Hall–Kier alpha value is -2.54. The van der Waals surface area contributed by atoms with Crippen LogP contribution in [-0.4, -0.2) is 60.2 Å². The molecule has 8 heteroatoms. The minimum Gasteiger partial charge on any atom is -0.353 e. The highest BCUT2D eigenvalue weighted by atomic mass is 35.5. The molecule has 0 bridgehead atoms. The van der Waals surface area contributed by atoms with Gasteiger partial charge in [-0.05, 0) is 37.5 Å². The highest BCUT2D eigenvalue weighted by Crippen LogP contribution is 2.22. The Kier molecular flexibility index (Phi) is 5.81. The molecule has 148 valence electrons. The van der Waals surface area contributed by atoms with Gasteiger partial charge in [0.05, 0.1) is 10.7 Å². The van der Waals surface area contributed by atoms with Crippen molar-refractivity contribution in [2.45, 2.75) is 19.3 Å². The lowest BCUT2D eigenvalue weighted by Crippen LogP contribution is -2.50. The monoisotopic (exact) mass is 400 g/mol. The summed E-state index contributed by atoms with van der Waals surface area (Å²) in [7, 11) is 0. The summed E-state index contributed by atoms with van der Waals surface area (Å²) < 4.78 is 0. The number of halogens is 1. The van der Waals surface area contributed by atoms with Gasteiger partial charge in [-0.1, -0.05) is 23.7 Å². The van der Waals surface area contributed by atoms with Gasteiger partial charge in [0, 0.05) is 45.5 Å². The first-order chi connectivity index (χ1) is 13.7. The molecule has 2 aromatic rings. The third kappa shape index (κ3) is 4.30. The number of urea groups is 1. The number of carbonyl (C=O) groups is 1. The lowest BCUT2D eigenvalue weighted by Gasteiger charge is -2.36. The van der Waals surface area contributed by atoms with E-state index in [2.05, 4.69) is 20.1 Å². The number of rotatable bonds is 3. The Bertz CT molecular complexity index is 818. The molecule has 7 nitrogen and oxygen atoms in total. The molecule has 0 saturated carbocycles. The fourth-order valence-electron chi connectivity index (χ4n) is 3.66. The van der Waals surface area contributed by atoms with Crippen LogP contribution in [0.2, 0.25) is 5.02 Å². The number of aromatic nitrogens is 2. The zero-order valence-corrected chi connectivity index (χ0v) is 16.6. The second-order valence-corrected chi connectivity index (χ2v) is 7.55. The van der Waals surface area contributed by atoms with Crippen molar-refractivity contribution in [2.75, 3.05) is 54.4 Å². The molecule has 0 spiro atoms. The van der Waals surface area contributed by atoms with E-state index in [9.17, 15) is 4.79 Å². The lowest BCUT2D eigenvalue weighted by atomic mass is 10.1. The van der Waals surface area contributed by atoms with E-state index in [4.69, 9.17) is 16.6 Å². The molecule has 0 atom stereocenters. The normalized spacial score (nSPS) is 17.5. The first kappa shape index (κ1) is 18.8. The molecule has 1 aromatic carbocycles. The average molecular weight is 401 g/mol. The maximum atomic E-state index is 12.5. The Morgan fingerprint density at radius 3 is 2.43 bits per heavy atom. The number of piperazine rings is 1. The predicted molar refractivity (Wildman–Crippen MR) is 112 cm³/mol. The molecule has 2 aliphatic heterocycles. The number of para-hydroxylation sites is 1. The number of hydrogen-bond donors (Lipinski definition) is 1. The molecular formula is C20H25ClN6O. The summed E-state index contributed by atoms with van der Waals surface area (Å²) in [6.45, 7) is 4.82. The standard InChI is InChI=1S/C20H25ClN6O/c21-16-6-2-3-7-17(16)23-20(28)27-14-12-25(13-15-27)18-8-9-22-19(24-18)26-10-4-1-5-11-26/h2-3,6-9H,1,4-5,10-15H2,(H,23,28). The molecule has 2 aliphatic rings. The summed E-state index contributed by atoms with van der Waals surface area (Å²) in [5.41, 5.74) is 0.638. The minimum atomic E-state index is -0.121. The highest BCUT2D eigenvalue weighted by Gasteiger charge is 2.23. The number of anilines is 3. The summed E-state index contributed by atoms with van der Waals surface area (Å²) in [4.78, 5) is 28.1. The van der Waals surface area contributed by atoms with Crippen molar-refractivity contribution < 1.29 is 4.79 Å². The average Bonchev–Trinajstić information content (AvgIpc) is 2.76. The second kappa shape index (κ2) is 8.65. The van der Waals surface area contributed by atoms with Crippen LogP contribution >= 0.6 is 11.6 Å². The first-order valence-electron chi connectivity index (χ1n) is 9.84. The largest absolute Gasteiger partial charge is 0.353 e. The van der Waals surface area contributed by atoms with Gasteiger partial charge >= 0.3 is 6.03 Å². The highest BCUT2D eigenvalue weighted by molar-refractivity contribution is 6.33. The fourth-order valence-corrected chi connectivity index (χ4v) is 3.84. The van der Waals surface area contributed by atoms with Crippen LogP contribution in [0.15, 0.2) is 36.5 Å². The summed E-state index contributed by atoms with van der Waals surface area (Å²) in [6.07, 6.45) is 5.52. The van der Waals surface area contributed by atoms with Crippen molar-refractivity contribution in [3.8, 4) is 0 Å². The number of amides is 2. The zero-order chi connectivity index (χ0) is 19.3. The van der Waals surface area contributed by atoms with E-state index < -0.39 is 0 Å². The molecule has 2 fully saturated rings. The van der Waals surface area contributed by atoms with E-state index in [-0.39, 0.29) is 6.03 Å². The van der Waals surface area contributed by atoms with Crippen LogP contribution in [0.25, 0.3) is 0 Å². The summed E-state index contributed by atoms with van der Waals surface area (Å²) in [6, 6.07) is 9.10. The molecule has 4 rings (SSSR count). The van der Waals surface area contributed by atoms with E-state index in [1.807, 2.05) is 29.3 Å². The quantitative estimate of drug-likeness (QED) is 0.854. The molecule has 28 heavy (non-hydrogen) atoms. The van der Waals surface area contributed by atoms with E-state index in [1.54, 1.807) is 12.1 Å². The van der Waals surface area contributed by atoms with Crippen LogP contribution in [0.4, 0.5) is 22.2 Å². The predicted octanol–water partition coefficient (Wildman–Crippen LogP) is 3.47. The van der Waals surface area contributed by atoms with Gasteiger partial charge in [0.15, 0.2) is 0 Å². The van der Waals surface area contributed by atoms with Gasteiger partial charge in [0.25, 0.3) is 0 Å². The molecule has 0 radical (unpaired) electrons. The number of piperidine rings is 1. The van der Waals surface area contributed by atoms with E-state index >= 15 is 0 Å². The van der Waals surface area contributed by atoms with Gasteiger partial charge < -0.3 is 20.0 Å². The second-order valence-electron chi connectivity index (χ2n) is 7.15. The van der Waals surface area contributed by atoms with Crippen molar-refractivity contribution in [2.24, 2.45) is 0 Å². The van der Waals surface area contributed by atoms with Crippen molar-refractivity contribution in [1.29, 1.82) is 0 Å².